The molecule has 0 fully saturated rings. The molecule has 0 aliphatic heterocycles. The molecule has 49 heavy (non-hydrogen) atoms. The van der Waals surface area contributed by atoms with E-state index < -0.39 is 0 Å². The van der Waals surface area contributed by atoms with E-state index in [4.69, 9.17) is 14.8 Å². The van der Waals surface area contributed by atoms with Crippen molar-refractivity contribution in [3.63, 3.8) is 0 Å². The first kappa shape index (κ1) is 34.9. The smallest absolute Gasteiger partial charge is 0.509 e. The molecule has 3 aromatic carbocycles. The maximum absolute atomic E-state index is 6.63. The molecule has 0 saturated heterocycles. The Bertz CT molecular complexity index is 2170. The fourth-order valence-corrected chi connectivity index (χ4v) is 7.69. The van der Waals surface area contributed by atoms with E-state index in [1.165, 1.54) is 39.8 Å². The van der Waals surface area contributed by atoms with Crippen LogP contribution in [0.15, 0.2) is 78.5 Å². The number of allylic oxidation sites excluding steroid dienone is 2. The summed E-state index contributed by atoms with van der Waals surface area (Å²) in [5.74, 6) is 4.03. The number of hydrogen-bond donors (Lipinski definition) is 0. The van der Waals surface area contributed by atoms with Crippen molar-refractivity contribution in [2.24, 2.45) is 11.8 Å². The maximum Gasteiger partial charge on any atom is 2.00 e. The third kappa shape index (κ3) is 6.67. The Balaban J connectivity index is 0.00000417. The molecule has 1 aliphatic rings. The second-order valence-electron chi connectivity index (χ2n) is 14.5. The van der Waals surface area contributed by atoms with E-state index in [2.05, 4.69) is 137 Å². The Morgan fingerprint density at radius 3 is 2.47 bits per heavy atom. The van der Waals surface area contributed by atoms with Gasteiger partial charge in [-0.25, -0.2) is 4.98 Å². The number of aromatic nitrogens is 4. The van der Waals surface area contributed by atoms with Gasteiger partial charge in [0.1, 0.15) is 5.82 Å². The molecule has 0 amide bonds. The van der Waals surface area contributed by atoms with Crippen LogP contribution in [-0.4, -0.2) is 19.3 Å². The van der Waals surface area contributed by atoms with Crippen molar-refractivity contribution in [3.05, 3.63) is 119 Å². The summed E-state index contributed by atoms with van der Waals surface area (Å²) < 4.78 is 10.9. The zero-order chi connectivity index (χ0) is 33.7. The van der Waals surface area contributed by atoms with Crippen LogP contribution in [0.25, 0.3) is 33.3 Å². The number of fused-ring (bicyclic) bond motifs is 3. The van der Waals surface area contributed by atoms with E-state index in [-0.39, 0.29) is 21.1 Å². The van der Waals surface area contributed by atoms with Crippen LogP contribution in [0, 0.1) is 37.8 Å². The Kier molecular flexibility index (Phi) is 10.1. The SMILES string of the molecule is CC1=CCC[C@H](C)C1c1c(C)nn(-c2[c-]c(Oc3[c-]c4c(cc3)c3ccccc3n4-c3cc(CC(C)C)ccn3)cc(C(C)C)c2)c1C.[Pt+2]. The fraction of sp³-hybridized carbons (Fsp3) is 0.349. The van der Waals surface area contributed by atoms with Crippen LogP contribution >= 0.6 is 0 Å². The number of pyridine rings is 1. The van der Waals surface area contributed by atoms with Gasteiger partial charge in [0.2, 0.25) is 0 Å². The summed E-state index contributed by atoms with van der Waals surface area (Å²) in [5, 5.41) is 7.38. The minimum Gasteiger partial charge on any atom is -0.509 e. The van der Waals surface area contributed by atoms with Gasteiger partial charge < -0.3 is 9.30 Å². The number of para-hydroxylation sites is 1. The third-order valence-corrected chi connectivity index (χ3v) is 10.0. The average molecular weight is 830 g/mol. The molecule has 1 aliphatic carbocycles. The van der Waals surface area contributed by atoms with Crippen LogP contribution < -0.4 is 4.74 Å². The normalized spacial score (nSPS) is 16.4. The van der Waals surface area contributed by atoms with Gasteiger partial charge >= 0.3 is 21.1 Å². The molecule has 0 radical (unpaired) electrons. The van der Waals surface area contributed by atoms with Crippen LogP contribution in [0.4, 0.5) is 0 Å². The summed E-state index contributed by atoms with van der Waals surface area (Å²) in [4.78, 5) is 4.82. The molecule has 5 nitrogen and oxygen atoms in total. The minimum absolute atomic E-state index is 0. The van der Waals surface area contributed by atoms with Crippen molar-refractivity contribution in [3.8, 4) is 23.0 Å². The van der Waals surface area contributed by atoms with Crippen LogP contribution in [0.2, 0.25) is 0 Å². The fourth-order valence-electron chi connectivity index (χ4n) is 7.69. The van der Waals surface area contributed by atoms with Crippen molar-refractivity contribution in [1.82, 2.24) is 19.3 Å². The molecule has 6 heteroatoms. The van der Waals surface area contributed by atoms with Crippen molar-refractivity contribution in [2.45, 2.75) is 86.5 Å². The molecule has 1 unspecified atom stereocenters. The van der Waals surface area contributed by atoms with E-state index in [9.17, 15) is 0 Å². The predicted octanol–water partition coefficient (Wildman–Crippen LogP) is 11.2. The van der Waals surface area contributed by atoms with Crippen LogP contribution in [0.5, 0.6) is 11.5 Å². The second-order valence-corrected chi connectivity index (χ2v) is 14.5. The summed E-state index contributed by atoms with van der Waals surface area (Å²) in [6, 6.07) is 28.5. The summed E-state index contributed by atoms with van der Waals surface area (Å²) >= 11 is 0. The maximum atomic E-state index is 6.63. The van der Waals surface area contributed by atoms with Gasteiger partial charge in [0.25, 0.3) is 0 Å². The van der Waals surface area contributed by atoms with Gasteiger partial charge in [-0.05, 0) is 92.6 Å². The molecule has 3 heterocycles. The van der Waals surface area contributed by atoms with Gasteiger partial charge in [-0.15, -0.1) is 41.3 Å². The van der Waals surface area contributed by atoms with E-state index in [1.54, 1.807) is 0 Å². The van der Waals surface area contributed by atoms with Crippen molar-refractivity contribution >= 4 is 21.8 Å². The Morgan fingerprint density at radius 2 is 1.71 bits per heavy atom. The molecule has 0 N–H and O–H groups in total. The molecule has 0 spiro atoms. The first-order valence-electron chi connectivity index (χ1n) is 17.5. The largest absolute Gasteiger partial charge is 2.00 e. The van der Waals surface area contributed by atoms with Crippen molar-refractivity contribution in [2.75, 3.05) is 0 Å². The molecule has 0 bridgehead atoms. The molecule has 254 valence electrons. The summed E-state index contributed by atoms with van der Waals surface area (Å²) in [6.45, 7) is 17.9. The summed E-state index contributed by atoms with van der Waals surface area (Å²) in [6.07, 6.45) is 7.69. The van der Waals surface area contributed by atoms with Gasteiger partial charge in [0.05, 0.1) is 5.69 Å². The number of ether oxygens (including phenoxy) is 1. The van der Waals surface area contributed by atoms with Crippen LogP contribution in [-0.2, 0) is 27.5 Å². The topological polar surface area (TPSA) is 44.9 Å². The molecule has 0 saturated carbocycles. The van der Waals surface area contributed by atoms with Crippen molar-refractivity contribution < 1.29 is 25.8 Å². The number of benzene rings is 3. The zero-order valence-electron chi connectivity index (χ0n) is 29.9. The van der Waals surface area contributed by atoms with Crippen LogP contribution in [0.3, 0.4) is 0 Å². The van der Waals surface area contributed by atoms with E-state index in [0.717, 1.165) is 46.5 Å². The summed E-state index contributed by atoms with van der Waals surface area (Å²) in [5.41, 5.74) is 10.4. The number of aryl methyl sites for hydroxylation is 1. The van der Waals surface area contributed by atoms with E-state index >= 15 is 0 Å². The number of nitrogens with zero attached hydrogens (tertiary/aromatic N) is 4. The number of hydrogen-bond acceptors (Lipinski definition) is 3. The summed E-state index contributed by atoms with van der Waals surface area (Å²) in [7, 11) is 0. The predicted molar refractivity (Wildman–Crippen MR) is 197 cm³/mol. The first-order chi connectivity index (χ1) is 23.1. The first-order valence-corrected chi connectivity index (χ1v) is 17.5. The zero-order valence-corrected chi connectivity index (χ0v) is 32.1. The van der Waals surface area contributed by atoms with Crippen LogP contribution in [0.1, 0.15) is 94.3 Å². The number of rotatable bonds is 8. The molecular formula is C43H46N4OPt. The van der Waals surface area contributed by atoms with Gasteiger partial charge in [-0.2, -0.15) is 11.2 Å². The molecule has 2 atom stereocenters. The second kappa shape index (κ2) is 14.1. The Morgan fingerprint density at radius 1 is 0.918 bits per heavy atom. The molecule has 6 aromatic rings. The minimum atomic E-state index is 0. The third-order valence-electron chi connectivity index (χ3n) is 10.0. The van der Waals surface area contributed by atoms with E-state index in [1.807, 2.05) is 12.3 Å². The Hall–Kier alpha value is -3.95. The molecule has 7 rings (SSSR count). The quantitative estimate of drug-likeness (QED) is 0.113. The standard InChI is InChI=1S/C43H46N4O.Pt/c1-26(2)20-32-18-19-44-41(21-32)46-39-15-10-9-14-37(39)38-17-16-35(25-40(38)46)48-36-23-33(27(3)4)22-34(24-36)47-31(8)43(30(7)45-47)42-28(5)12-11-13-29(42)6;/h9-10,12,14-19,21-23,26-27,29,42H,11,13,20H2,1-8H3;/q-2;+2/t29-,42?;/m0./s1. The average Bonchev–Trinajstić information content (AvgIpc) is 3.53. The van der Waals surface area contributed by atoms with Gasteiger partial charge in [-0.1, -0.05) is 70.0 Å². The van der Waals surface area contributed by atoms with E-state index in [0.29, 0.717) is 35.2 Å². The van der Waals surface area contributed by atoms with Gasteiger partial charge in [0.15, 0.2) is 0 Å². The molecular weight excluding hydrogens is 784 g/mol. The van der Waals surface area contributed by atoms with Gasteiger partial charge in [0, 0.05) is 40.4 Å². The monoisotopic (exact) mass is 829 g/mol. The molecule has 3 aromatic heterocycles. The van der Waals surface area contributed by atoms with Gasteiger partial charge in [-0.3, -0.25) is 4.68 Å². The van der Waals surface area contributed by atoms with Crippen molar-refractivity contribution in [1.29, 1.82) is 0 Å². The Labute approximate surface area is 305 Å².